The third-order valence-corrected chi connectivity index (χ3v) is 2.42. The fourth-order valence-electron chi connectivity index (χ4n) is 1.61. The molecule has 0 saturated heterocycles. The molecule has 0 amide bonds. The fourth-order valence-corrected chi connectivity index (χ4v) is 1.61. The van der Waals surface area contributed by atoms with Crippen LogP contribution in [0, 0.1) is 0 Å². The molecule has 0 aromatic heterocycles. The van der Waals surface area contributed by atoms with E-state index in [4.69, 9.17) is 18.9 Å². The maximum atomic E-state index is 11.0. The number of esters is 4. The van der Waals surface area contributed by atoms with Gasteiger partial charge in [-0.1, -0.05) is 0 Å². The number of carbonyl (C=O) groups is 4. The zero-order valence-electron chi connectivity index (χ0n) is 13.2. The Balaban J connectivity index is 4.49. The molecule has 0 aliphatic rings. The summed E-state index contributed by atoms with van der Waals surface area (Å²) in [5, 5.41) is 0. The van der Waals surface area contributed by atoms with Crippen LogP contribution in [0.3, 0.4) is 0 Å². The molecule has 2 atom stereocenters. The van der Waals surface area contributed by atoms with Gasteiger partial charge < -0.3 is 18.9 Å². The zero-order chi connectivity index (χ0) is 17.1. The molecule has 0 heterocycles. The van der Waals surface area contributed by atoms with E-state index in [1.165, 1.54) is 27.7 Å². The molecule has 8 nitrogen and oxygen atoms in total. The van der Waals surface area contributed by atoms with Crippen molar-refractivity contribution in [3.63, 3.8) is 0 Å². The first kappa shape index (κ1) is 19.9. The zero-order valence-corrected chi connectivity index (χ0v) is 13.2. The van der Waals surface area contributed by atoms with Crippen molar-refractivity contribution in [2.45, 2.75) is 52.7 Å². The minimum absolute atomic E-state index is 0.0880. The van der Waals surface area contributed by atoms with Crippen LogP contribution in [0.25, 0.3) is 0 Å². The minimum atomic E-state index is -0.656. The van der Waals surface area contributed by atoms with Crippen molar-refractivity contribution in [2.24, 2.45) is 0 Å². The Morgan fingerprint density at radius 2 is 0.955 bits per heavy atom. The predicted molar refractivity (Wildman–Crippen MR) is 73.6 cm³/mol. The van der Waals surface area contributed by atoms with E-state index in [1.807, 2.05) is 0 Å². The first-order valence-corrected chi connectivity index (χ1v) is 6.81. The summed E-state index contributed by atoms with van der Waals surface area (Å²) in [6.45, 7) is 4.79. The topological polar surface area (TPSA) is 105 Å². The van der Waals surface area contributed by atoms with Crippen LogP contribution in [0.4, 0.5) is 0 Å². The largest absolute Gasteiger partial charge is 0.462 e. The molecule has 0 aromatic carbocycles. The standard InChI is InChI=1S/C14H22O8/c1-9(15)19-7-13(21-11(3)17)5-6-14(22-12(4)18)8-20-10(2)16/h13-14H,5-8H2,1-4H3/t13-,14+. The molecule has 0 rings (SSSR count). The van der Waals surface area contributed by atoms with Gasteiger partial charge in [-0.15, -0.1) is 0 Å². The van der Waals surface area contributed by atoms with Gasteiger partial charge in [0.05, 0.1) is 0 Å². The van der Waals surface area contributed by atoms with Crippen molar-refractivity contribution in [2.75, 3.05) is 13.2 Å². The Hall–Kier alpha value is -2.12. The van der Waals surface area contributed by atoms with Gasteiger partial charge in [0.15, 0.2) is 0 Å². The molecule has 126 valence electrons. The quantitative estimate of drug-likeness (QED) is 0.453. The molecule has 8 heteroatoms. The van der Waals surface area contributed by atoms with Gasteiger partial charge in [-0.3, -0.25) is 19.2 Å². The molecule has 0 aromatic rings. The van der Waals surface area contributed by atoms with Crippen molar-refractivity contribution < 1.29 is 38.1 Å². The van der Waals surface area contributed by atoms with Crippen LogP contribution in [-0.2, 0) is 38.1 Å². The average Bonchev–Trinajstić information content (AvgIpc) is 2.37. The van der Waals surface area contributed by atoms with Crippen molar-refractivity contribution in [1.82, 2.24) is 0 Å². The molecule has 0 fully saturated rings. The highest BCUT2D eigenvalue weighted by Crippen LogP contribution is 2.11. The second kappa shape index (κ2) is 10.6. The van der Waals surface area contributed by atoms with Crippen LogP contribution in [0.15, 0.2) is 0 Å². The molecule has 0 saturated carbocycles. The molecule has 0 radical (unpaired) electrons. The summed E-state index contributed by atoms with van der Waals surface area (Å²) in [6.07, 6.45) is -0.744. The molecule has 22 heavy (non-hydrogen) atoms. The monoisotopic (exact) mass is 318 g/mol. The van der Waals surface area contributed by atoms with E-state index < -0.39 is 36.1 Å². The van der Waals surface area contributed by atoms with Crippen LogP contribution < -0.4 is 0 Å². The summed E-state index contributed by atoms with van der Waals surface area (Å²) in [5.41, 5.74) is 0. The second-order valence-corrected chi connectivity index (χ2v) is 4.65. The summed E-state index contributed by atoms with van der Waals surface area (Å²) in [5.74, 6) is -2.01. The van der Waals surface area contributed by atoms with Crippen molar-refractivity contribution in [3.8, 4) is 0 Å². The molecule has 0 aliphatic heterocycles. The lowest BCUT2D eigenvalue weighted by Crippen LogP contribution is -2.29. The van der Waals surface area contributed by atoms with Gasteiger partial charge in [0, 0.05) is 27.7 Å². The van der Waals surface area contributed by atoms with Gasteiger partial charge in [0.25, 0.3) is 0 Å². The van der Waals surface area contributed by atoms with Crippen LogP contribution in [0.5, 0.6) is 0 Å². The van der Waals surface area contributed by atoms with Crippen molar-refractivity contribution in [3.05, 3.63) is 0 Å². The van der Waals surface area contributed by atoms with Gasteiger partial charge in [0.2, 0.25) is 0 Å². The lowest BCUT2D eigenvalue weighted by atomic mass is 10.1. The molecule has 0 bridgehead atoms. The summed E-state index contributed by atoms with van der Waals surface area (Å²) < 4.78 is 19.6. The van der Waals surface area contributed by atoms with E-state index in [1.54, 1.807) is 0 Å². The van der Waals surface area contributed by atoms with Crippen LogP contribution in [0.1, 0.15) is 40.5 Å². The van der Waals surface area contributed by atoms with E-state index in [0.29, 0.717) is 0 Å². The maximum Gasteiger partial charge on any atom is 0.303 e. The lowest BCUT2D eigenvalue weighted by molar-refractivity contribution is -0.160. The van der Waals surface area contributed by atoms with E-state index in [-0.39, 0.29) is 26.1 Å². The first-order chi connectivity index (χ1) is 10.2. The third-order valence-electron chi connectivity index (χ3n) is 2.42. The maximum absolute atomic E-state index is 11.0. The van der Waals surface area contributed by atoms with Gasteiger partial charge in [0.1, 0.15) is 25.4 Å². The van der Waals surface area contributed by atoms with E-state index in [2.05, 4.69) is 0 Å². The highest BCUT2D eigenvalue weighted by Gasteiger charge is 2.20. The van der Waals surface area contributed by atoms with Gasteiger partial charge in [-0.2, -0.15) is 0 Å². The minimum Gasteiger partial charge on any atom is -0.462 e. The van der Waals surface area contributed by atoms with E-state index >= 15 is 0 Å². The molecule has 0 spiro atoms. The lowest BCUT2D eigenvalue weighted by Gasteiger charge is -2.20. The van der Waals surface area contributed by atoms with Gasteiger partial charge in [-0.25, -0.2) is 0 Å². The Morgan fingerprint density at radius 3 is 1.18 bits per heavy atom. The highest BCUT2D eigenvalue weighted by atomic mass is 16.6. The molecule has 0 N–H and O–H groups in total. The van der Waals surface area contributed by atoms with Crippen molar-refractivity contribution in [1.29, 1.82) is 0 Å². The number of hydrogen-bond acceptors (Lipinski definition) is 8. The summed E-state index contributed by atoms with van der Waals surface area (Å²) in [4.78, 5) is 43.6. The first-order valence-electron chi connectivity index (χ1n) is 6.81. The fraction of sp³-hybridized carbons (Fsp3) is 0.714. The Labute approximate surface area is 129 Å². The SMILES string of the molecule is CC(=O)OC[C@@H](CC[C@@H](COC(C)=O)OC(C)=O)OC(C)=O. The number of carbonyl (C=O) groups excluding carboxylic acids is 4. The van der Waals surface area contributed by atoms with Crippen LogP contribution >= 0.6 is 0 Å². The van der Waals surface area contributed by atoms with Gasteiger partial charge in [-0.05, 0) is 12.8 Å². The summed E-state index contributed by atoms with van der Waals surface area (Å²) in [7, 11) is 0. The number of rotatable bonds is 9. The van der Waals surface area contributed by atoms with Crippen LogP contribution in [-0.4, -0.2) is 49.3 Å². The highest BCUT2D eigenvalue weighted by molar-refractivity contribution is 5.67. The Morgan fingerprint density at radius 1 is 0.636 bits per heavy atom. The third kappa shape index (κ3) is 11.7. The Kier molecular flexibility index (Phi) is 9.56. The van der Waals surface area contributed by atoms with Gasteiger partial charge >= 0.3 is 23.9 Å². The second-order valence-electron chi connectivity index (χ2n) is 4.65. The summed E-state index contributed by atoms with van der Waals surface area (Å²) >= 11 is 0. The average molecular weight is 318 g/mol. The van der Waals surface area contributed by atoms with Crippen molar-refractivity contribution >= 4 is 23.9 Å². The number of ether oxygens (including phenoxy) is 4. The Bertz CT molecular complexity index is 366. The molecule has 0 unspecified atom stereocenters. The van der Waals surface area contributed by atoms with Crippen LogP contribution in [0.2, 0.25) is 0 Å². The molecular weight excluding hydrogens is 296 g/mol. The number of hydrogen-bond donors (Lipinski definition) is 0. The van der Waals surface area contributed by atoms with E-state index in [9.17, 15) is 19.2 Å². The molecule has 0 aliphatic carbocycles. The smallest absolute Gasteiger partial charge is 0.303 e. The normalized spacial score (nSPS) is 12.7. The summed E-state index contributed by atoms with van der Waals surface area (Å²) in [6, 6.07) is 0. The molecular formula is C14H22O8. The predicted octanol–water partition coefficient (Wildman–Crippen LogP) is 0.756. The van der Waals surface area contributed by atoms with E-state index in [0.717, 1.165) is 0 Å².